The van der Waals surface area contributed by atoms with Crippen LogP contribution in [0.25, 0.3) is 11.3 Å². The molecule has 0 saturated heterocycles. The van der Waals surface area contributed by atoms with Crippen molar-refractivity contribution in [3.8, 4) is 11.3 Å². The van der Waals surface area contributed by atoms with Crippen LogP contribution in [0.5, 0.6) is 0 Å². The molecule has 1 aliphatic heterocycles. The maximum Gasteiger partial charge on any atom is 0.261 e. The van der Waals surface area contributed by atoms with Gasteiger partial charge in [-0.1, -0.05) is 74.6 Å². The lowest BCUT2D eigenvalue weighted by atomic mass is 9.98. The van der Waals surface area contributed by atoms with Gasteiger partial charge >= 0.3 is 0 Å². The summed E-state index contributed by atoms with van der Waals surface area (Å²) in [6.07, 6.45) is 9.07. The molecular weight excluding hydrogens is 535 g/mol. The van der Waals surface area contributed by atoms with Gasteiger partial charge in [-0.2, -0.15) is 0 Å². The lowest BCUT2D eigenvalue weighted by Crippen LogP contribution is -2.30. The van der Waals surface area contributed by atoms with E-state index in [0.717, 1.165) is 65.5 Å². The third-order valence-corrected chi connectivity index (χ3v) is 9.87. The number of nitrogens with one attached hydrogen (secondary N) is 1. The highest BCUT2D eigenvalue weighted by Crippen LogP contribution is 2.30. The molecule has 41 heavy (non-hydrogen) atoms. The van der Waals surface area contributed by atoms with Gasteiger partial charge in [0.15, 0.2) is 0 Å². The average molecular weight is 573 g/mol. The highest BCUT2D eigenvalue weighted by Gasteiger charge is 2.22. The van der Waals surface area contributed by atoms with E-state index in [2.05, 4.69) is 9.62 Å². The van der Waals surface area contributed by atoms with E-state index < -0.39 is 15.8 Å². The fraction of sp³-hybridized carbons (Fsp3) is 0.353. The van der Waals surface area contributed by atoms with Gasteiger partial charge in [0.25, 0.3) is 10.0 Å². The van der Waals surface area contributed by atoms with E-state index in [4.69, 9.17) is 4.42 Å². The molecule has 4 aromatic rings. The van der Waals surface area contributed by atoms with Crippen LogP contribution in [0.4, 0.5) is 10.1 Å². The summed E-state index contributed by atoms with van der Waals surface area (Å²) in [5.74, 6) is 2.03. The number of aryl methyl sites for hydroxylation is 1. The standard InChI is InChI=1S/C34H37FN2O3S/c35-32-21-26(10-6-9-25-7-4-5-8-25)13-17-33(32)36-41(38,39)31-16-14-29-23-37(20-19-28(29)22-31)24-30-15-18-34(40-30)27-11-2-1-3-12-27/h1-3,11-18,21-22,25,36H,4-10,19-20,23-24H2. The number of fused-ring (bicyclic) bond motifs is 1. The normalized spacial score (nSPS) is 16.1. The van der Waals surface area contributed by atoms with Crippen molar-refractivity contribution in [1.29, 1.82) is 0 Å². The quantitative estimate of drug-likeness (QED) is 0.209. The van der Waals surface area contributed by atoms with Crippen LogP contribution in [0.3, 0.4) is 0 Å². The minimum Gasteiger partial charge on any atom is -0.460 e. The topological polar surface area (TPSA) is 62.6 Å². The van der Waals surface area contributed by atoms with Crippen LogP contribution in [0.1, 0.15) is 61.0 Å². The Morgan fingerprint density at radius 1 is 0.927 bits per heavy atom. The Hall–Kier alpha value is -3.42. The summed E-state index contributed by atoms with van der Waals surface area (Å²) in [6, 6.07) is 24.1. The summed E-state index contributed by atoms with van der Waals surface area (Å²) in [5, 5.41) is 0. The molecule has 0 radical (unpaired) electrons. The molecular formula is C34H37FN2O3S. The summed E-state index contributed by atoms with van der Waals surface area (Å²) in [7, 11) is -3.91. The molecule has 1 aliphatic carbocycles. The summed E-state index contributed by atoms with van der Waals surface area (Å²) < 4.78 is 49.8. The largest absolute Gasteiger partial charge is 0.460 e. The lowest BCUT2D eigenvalue weighted by Gasteiger charge is -2.28. The molecule has 3 aromatic carbocycles. The zero-order valence-corrected chi connectivity index (χ0v) is 24.1. The minimum atomic E-state index is -3.91. The Bertz CT molecular complexity index is 1590. The number of halogens is 1. The number of benzene rings is 3. The molecule has 2 aliphatic rings. The first-order chi connectivity index (χ1) is 19.9. The van der Waals surface area contributed by atoms with Gasteiger partial charge in [0.05, 0.1) is 17.1 Å². The molecule has 6 rings (SSSR count). The molecule has 0 bridgehead atoms. The molecule has 1 aromatic heterocycles. The predicted molar refractivity (Wildman–Crippen MR) is 161 cm³/mol. The van der Waals surface area contributed by atoms with Crippen LogP contribution in [-0.2, 0) is 36.0 Å². The molecule has 0 unspecified atom stereocenters. The molecule has 1 N–H and O–H groups in total. The molecule has 1 saturated carbocycles. The molecule has 1 fully saturated rings. The maximum absolute atomic E-state index is 14.9. The first kappa shape index (κ1) is 27.7. The monoisotopic (exact) mass is 572 g/mol. The second-order valence-corrected chi connectivity index (χ2v) is 13.2. The van der Waals surface area contributed by atoms with Gasteiger partial charge in [0.2, 0.25) is 0 Å². The van der Waals surface area contributed by atoms with E-state index in [1.165, 1.54) is 38.2 Å². The number of hydrogen-bond acceptors (Lipinski definition) is 4. The van der Waals surface area contributed by atoms with Crippen LogP contribution in [0, 0.1) is 11.7 Å². The van der Waals surface area contributed by atoms with Gasteiger partial charge in [0.1, 0.15) is 17.3 Å². The van der Waals surface area contributed by atoms with Gasteiger partial charge in [-0.25, -0.2) is 12.8 Å². The maximum atomic E-state index is 14.9. The Labute approximate surface area is 242 Å². The van der Waals surface area contributed by atoms with Gasteiger partial charge in [-0.05, 0) is 78.3 Å². The molecule has 0 atom stereocenters. The van der Waals surface area contributed by atoms with E-state index in [-0.39, 0.29) is 10.6 Å². The molecule has 7 heteroatoms. The smallest absolute Gasteiger partial charge is 0.261 e. The van der Waals surface area contributed by atoms with Crippen molar-refractivity contribution in [2.75, 3.05) is 11.3 Å². The SMILES string of the molecule is O=S(=O)(Nc1ccc(CCCC2CCCC2)cc1F)c1ccc2c(c1)CCN(Cc1ccc(-c3ccccc3)o1)C2. The van der Waals surface area contributed by atoms with Crippen molar-refractivity contribution in [1.82, 2.24) is 4.90 Å². The van der Waals surface area contributed by atoms with Crippen LogP contribution >= 0.6 is 0 Å². The van der Waals surface area contributed by atoms with Crippen molar-refractivity contribution < 1.29 is 17.2 Å². The zero-order valence-electron chi connectivity index (χ0n) is 23.3. The van der Waals surface area contributed by atoms with E-state index in [0.29, 0.717) is 13.1 Å². The molecule has 0 amide bonds. The number of nitrogens with zero attached hydrogens (tertiary/aromatic N) is 1. The second kappa shape index (κ2) is 12.2. The van der Waals surface area contributed by atoms with Crippen molar-refractivity contribution >= 4 is 15.7 Å². The van der Waals surface area contributed by atoms with Crippen molar-refractivity contribution in [3.63, 3.8) is 0 Å². The van der Waals surface area contributed by atoms with Gasteiger partial charge in [-0.15, -0.1) is 0 Å². The Kier molecular flexibility index (Phi) is 8.26. The predicted octanol–water partition coefficient (Wildman–Crippen LogP) is 7.96. The second-order valence-electron chi connectivity index (χ2n) is 11.5. The van der Waals surface area contributed by atoms with Gasteiger partial charge in [0, 0.05) is 18.7 Å². The number of hydrogen-bond donors (Lipinski definition) is 1. The van der Waals surface area contributed by atoms with Crippen molar-refractivity contribution in [2.45, 2.75) is 69.4 Å². The fourth-order valence-electron chi connectivity index (χ4n) is 6.23. The zero-order chi connectivity index (χ0) is 28.2. The number of anilines is 1. The Morgan fingerprint density at radius 3 is 2.56 bits per heavy atom. The van der Waals surface area contributed by atoms with E-state index in [1.807, 2.05) is 54.6 Å². The third-order valence-electron chi connectivity index (χ3n) is 8.51. The van der Waals surface area contributed by atoms with Crippen LogP contribution in [0.15, 0.2) is 88.2 Å². The Balaban J connectivity index is 1.06. The number of rotatable bonds is 10. The van der Waals surface area contributed by atoms with E-state index >= 15 is 0 Å². The summed E-state index contributed by atoms with van der Waals surface area (Å²) >= 11 is 0. The minimum absolute atomic E-state index is 0.0123. The highest BCUT2D eigenvalue weighted by atomic mass is 32.2. The summed E-state index contributed by atoms with van der Waals surface area (Å²) in [6.45, 7) is 2.19. The molecule has 2 heterocycles. The van der Waals surface area contributed by atoms with Crippen LogP contribution in [-0.4, -0.2) is 19.9 Å². The third kappa shape index (κ3) is 6.74. The molecule has 0 spiro atoms. The van der Waals surface area contributed by atoms with Gasteiger partial charge in [-0.3, -0.25) is 9.62 Å². The van der Waals surface area contributed by atoms with Crippen LogP contribution in [0.2, 0.25) is 0 Å². The first-order valence-electron chi connectivity index (χ1n) is 14.7. The Morgan fingerprint density at radius 2 is 1.76 bits per heavy atom. The summed E-state index contributed by atoms with van der Waals surface area (Å²) in [5.41, 5.74) is 4.05. The van der Waals surface area contributed by atoms with E-state index in [1.54, 1.807) is 18.2 Å². The molecule has 214 valence electrons. The lowest BCUT2D eigenvalue weighted by molar-refractivity contribution is 0.226. The summed E-state index contributed by atoms with van der Waals surface area (Å²) in [4.78, 5) is 2.45. The van der Waals surface area contributed by atoms with Crippen molar-refractivity contribution in [2.24, 2.45) is 5.92 Å². The average Bonchev–Trinajstić information content (AvgIpc) is 3.67. The van der Waals surface area contributed by atoms with Crippen molar-refractivity contribution in [3.05, 3.63) is 107 Å². The highest BCUT2D eigenvalue weighted by molar-refractivity contribution is 7.92. The first-order valence-corrected chi connectivity index (χ1v) is 16.2. The van der Waals surface area contributed by atoms with Crippen LogP contribution < -0.4 is 4.72 Å². The van der Waals surface area contributed by atoms with E-state index in [9.17, 15) is 12.8 Å². The number of furan rings is 1. The number of sulfonamides is 1. The fourth-order valence-corrected chi connectivity index (χ4v) is 7.34. The molecule has 5 nitrogen and oxygen atoms in total. The van der Waals surface area contributed by atoms with Gasteiger partial charge < -0.3 is 4.42 Å².